The molecule has 0 unspecified atom stereocenters. The third kappa shape index (κ3) is 2.69. The summed E-state index contributed by atoms with van der Waals surface area (Å²) in [6.45, 7) is 6.28. The Kier molecular flexibility index (Phi) is 3.52. The van der Waals surface area contributed by atoms with Crippen molar-refractivity contribution in [3.05, 3.63) is 40.6 Å². The number of halogens is 1. The van der Waals surface area contributed by atoms with Crippen molar-refractivity contribution in [2.45, 2.75) is 26.8 Å². The van der Waals surface area contributed by atoms with Crippen LogP contribution in [0.3, 0.4) is 0 Å². The SMILES string of the molecule is Cc1ccc(-n2ccnc2NC(C)C)cc1Br. The first kappa shape index (κ1) is 12.2. The summed E-state index contributed by atoms with van der Waals surface area (Å²) in [5.41, 5.74) is 2.33. The highest BCUT2D eigenvalue weighted by Gasteiger charge is 2.06. The normalized spacial score (nSPS) is 10.9. The lowest BCUT2D eigenvalue weighted by atomic mass is 10.2. The Bertz CT molecular complexity index is 517. The molecule has 0 saturated carbocycles. The van der Waals surface area contributed by atoms with Gasteiger partial charge in [0.25, 0.3) is 0 Å². The van der Waals surface area contributed by atoms with E-state index in [1.807, 2.05) is 10.8 Å². The highest BCUT2D eigenvalue weighted by Crippen LogP contribution is 2.22. The molecule has 1 aromatic heterocycles. The molecule has 1 heterocycles. The number of benzene rings is 1. The molecule has 0 spiro atoms. The van der Waals surface area contributed by atoms with E-state index in [4.69, 9.17) is 0 Å². The summed E-state index contributed by atoms with van der Waals surface area (Å²) in [5.74, 6) is 0.871. The minimum Gasteiger partial charge on any atom is -0.353 e. The van der Waals surface area contributed by atoms with Gasteiger partial charge in [0.2, 0.25) is 5.95 Å². The van der Waals surface area contributed by atoms with Gasteiger partial charge in [-0.25, -0.2) is 4.98 Å². The number of nitrogens with zero attached hydrogens (tertiary/aromatic N) is 2. The van der Waals surface area contributed by atoms with Gasteiger partial charge in [0.05, 0.1) is 0 Å². The maximum Gasteiger partial charge on any atom is 0.207 e. The highest BCUT2D eigenvalue weighted by atomic mass is 79.9. The van der Waals surface area contributed by atoms with E-state index in [9.17, 15) is 0 Å². The zero-order valence-electron chi connectivity index (χ0n) is 10.2. The van der Waals surface area contributed by atoms with Crippen molar-refractivity contribution in [3.8, 4) is 5.69 Å². The molecule has 2 aromatic rings. The van der Waals surface area contributed by atoms with Crippen LogP contribution >= 0.6 is 15.9 Å². The lowest BCUT2D eigenvalue weighted by molar-refractivity contribution is 0.864. The molecule has 0 aliphatic heterocycles. The molecule has 0 aliphatic carbocycles. The van der Waals surface area contributed by atoms with E-state index >= 15 is 0 Å². The van der Waals surface area contributed by atoms with Crippen molar-refractivity contribution < 1.29 is 0 Å². The number of imidazole rings is 1. The molecule has 0 aliphatic rings. The predicted octanol–water partition coefficient (Wildman–Crippen LogP) is 3.76. The van der Waals surface area contributed by atoms with Gasteiger partial charge in [0.15, 0.2) is 0 Å². The van der Waals surface area contributed by atoms with Crippen LogP contribution in [0.25, 0.3) is 5.69 Å². The van der Waals surface area contributed by atoms with Gasteiger partial charge in [-0.2, -0.15) is 0 Å². The van der Waals surface area contributed by atoms with E-state index < -0.39 is 0 Å². The Morgan fingerprint density at radius 3 is 2.76 bits per heavy atom. The van der Waals surface area contributed by atoms with Gasteiger partial charge in [0, 0.05) is 28.6 Å². The summed E-state index contributed by atoms with van der Waals surface area (Å²) in [7, 11) is 0. The van der Waals surface area contributed by atoms with Crippen molar-refractivity contribution in [1.82, 2.24) is 9.55 Å². The van der Waals surface area contributed by atoms with Crippen LogP contribution in [0.4, 0.5) is 5.95 Å². The van der Waals surface area contributed by atoms with E-state index in [0.29, 0.717) is 6.04 Å². The van der Waals surface area contributed by atoms with Crippen molar-refractivity contribution in [2.24, 2.45) is 0 Å². The number of hydrogen-bond acceptors (Lipinski definition) is 2. The topological polar surface area (TPSA) is 29.9 Å². The fraction of sp³-hybridized carbons (Fsp3) is 0.308. The van der Waals surface area contributed by atoms with E-state index in [1.54, 1.807) is 6.20 Å². The van der Waals surface area contributed by atoms with Crippen LogP contribution < -0.4 is 5.32 Å². The van der Waals surface area contributed by atoms with E-state index in [1.165, 1.54) is 5.56 Å². The number of aryl methyl sites for hydroxylation is 1. The number of anilines is 1. The second-order valence-electron chi connectivity index (χ2n) is 4.35. The van der Waals surface area contributed by atoms with E-state index in [2.05, 4.69) is 65.2 Å². The van der Waals surface area contributed by atoms with Crippen molar-refractivity contribution >= 4 is 21.9 Å². The first-order chi connectivity index (χ1) is 8.08. The third-order valence-electron chi connectivity index (χ3n) is 2.49. The fourth-order valence-electron chi connectivity index (χ4n) is 1.61. The van der Waals surface area contributed by atoms with Gasteiger partial charge < -0.3 is 5.32 Å². The highest BCUT2D eigenvalue weighted by molar-refractivity contribution is 9.10. The molecule has 0 bridgehead atoms. The summed E-state index contributed by atoms with van der Waals surface area (Å²) in [6.07, 6.45) is 3.76. The molecule has 1 aromatic carbocycles. The standard InChI is InChI=1S/C13H16BrN3/c1-9(2)16-13-15-6-7-17(13)11-5-4-10(3)12(14)8-11/h4-9H,1-3H3,(H,15,16). The maximum absolute atomic E-state index is 4.32. The molecule has 1 N–H and O–H groups in total. The summed E-state index contributed by atoms with van der Waals surface area (Å²) >= 11 is 3.55. The molecule has 17 heavy (non-hydrogen) atoms. The van der Waals surface area contributed by atoms with Gasteiger partial charge in [-0.05, 0) is 38.5 Å². The van der Waals surface area contributed by atoms with Crippen LogP contribution in [0.2, 0.25) is 0 Å². The van der Waals surface area contributed by atoms with Crippen molar-refractivity contribution in [3.63, 3.8) is 0 Å². The molecule has 0 fully saturated rings. The summed E-state index contributed by atoms with van der Waals surface area (Å²) in [5, 5.41) is 3.32. The zero-order valence-corrected chi connectivity index (χ0v) is 11.8. The Labute approximate surface area is 110 Å². The van der Waals surface area contributed by atoms with Crippen molar-refractivity contribution in [2.75, 3.05) is 5.32 Å². The van der Waals surface area contributed by atoms with Crippen molar-refractivity contribution in [1.29, 1.82) is 0 Å². The summed E-state index contributed by atoms with van der Waals surface area (Å²) in [4.78, 5) is 4.32. The molecule has 90 valence electrons. The quantitative estimate of drug-likeness (QED) is 0.934. The van der Waals surface area contributed by atoms with Gasteiger partial charge >= 0.3 is 0 Å². The Morgan fingerprint density at radius 1 is 1.35 bits per heavy atom. The average Bonchev–Trinajstić information content (AvgIpc) is 2.69. The van der Waals surface area contributed by atoms with Crippen LogP contribution in [0.1, 0.15) is 19.4 Å². The third-order valence-corrected chi connectivity index (χ3v) is 3.35. The monoisotopic (exact) mass is 293 g/mol. The van der Waals surface area contributed by atoms with Gasteiger partial charge in [-0.3, -0.25) is 4.57 Å². The second kappa shape index (κ2) is 4.92. The van der Waals surface area contributed by atoms with Gasteiger partial charge in [0.1, 0.15) is 0 Å². The molecule has 0 atom stereocenters. The Morgan fingerprint density at radius 2 is 2.12 bits per heavy atom. The second-order valence-corrected chi connectivity index (χ2v) is 5.21. The van der Waals surface area contributed by atoms with Crippen LogP contribution in [-0.4, -0.2) is 15.6 Å². The largest absolute Gasteiger partial charge is 0.353 e. The smallest absolute Gasteiger partial charge is 0.207 e. The fourth-order valence-corrected chi connectivity index (χ4v) is 1.98. The molecule has 0 radical (unpaired) electrons. The lowest BCUT2D eigenvalue weighted by Crippen LogP contribution is -2.13. The summed E-state index contributed by atoms with van der Waals surface area (Å²) < 4.78 is 3.16. The summed E-state index contributed by atoms with van der Waals surface area (Å²) in [6, 6.07) is 6.65. The van der Waals surface area contributed by atoms with Gasteiger partial charge in [-0.15, -0.1) is 0 Å². The van der Waals surface area contributed by atoms with E-state index in [-0.39, 0.29) is 0 Å². The Balaban J connectivity index is 2.39. The van der Waals surface area contributed by atoms with E-state index in [0.717, 1.165) is 16.1 Å². The molecule has 3 nitrogen and oxygen atoms in total. The van der Waals surface area contributed by atoms with Crippen LogP contribution in [-0.2, 0) is 0 Å². The minimum absolute atomic E-state index is 0.366. The molecular weight excluding hydrogens is 278 g/mol. The maximum atomic E-state index is 4.32. The number of nitrogens with one attached hydrogen (secondary N) is 1. The molecule has 4 heteroatoms. The molecule has 0 amide bonds. The number of hydrogen-bond donors (Lipinski definition) is 1. The zero-order chi connectivity index (χ0) is 12.4. The predicted molar refractivity (Wildman–Crippen MR) is 74.8 cm³/mol. The average molecular weight is 294 g/mol. The van der Waals surface area contributed by atoms with Crippen LogP contribution in [0, 0.1) is 6.92 Å². The number of aromatic nitrogens is 2. The first-order valence-electron chi connectivity index (χ1n) is 5.64. The lowest BCUT2D eigenvalue weighted by Gasteiger charge is -2.13. The van der Waals surface area contributed by atoms with Crippen LogP contribution in [0.15, 0.2) is 35.1 Å². The molecular formula is C13H16BrN3. The Hall–Kier alpha value is -1.29. The molecule has 2 rings (SSSR count). The minimum atomic E-state index is 0.366. The number of rotatable bonds is 3. The molecule has 0 saturated heterocycles. The van der Waals surface area contributed by atoms with Crippen LogP contribution in [0.5, 0.6) is 0 Å². The van der Waals surface area contributed by atoms with Gasteiger partial charge in [-0.1, -0.05) is 22.0 Å². The first-order valence-corrected chi connectivity index (χ1v) is 6.43.